The van der Waals surface area contributed by atoms with Gasteiger partial charge in [-0.2, -0.15) is 0 Å². The molecule has 1 heterocycles. The largest absolute Gasteiger partial charge is 0.378 e. The van der Waals surface area contributed by atoms with Gasteiger partial charge >= 0.3 is 0 Å². The Labute approximate surface area is 48.0 Å². The second kappa shape index (κ2) is 2.79. The zero-order valence-electron chi connectivity index (χ0n) is 4.52. The van der Waals surface area contributed by atoms with Crippen molar-refractivity contribution in [2.24, 2.45) is 0 Å². The van der Waals surface area contributed by atoms with Gasteiger partial charge in [0.25, 0.3) is 0 Å². The summed E-state index contributed by atoms with van der Waals surface area (Å²) < 4.78 is 4.95. The molecule has 0 saturated carbocycles. The van der Waals surface area contributed by atoms with Crippen LogP contribution in [0.25, 0.3) is 0 Å². The molecule has 0 amide bonds. The first-order valence-corrected chi connectivity index (χ1v) is 2.62. The van der Waals surface area contributed by atoms with Crippen LogP contribution in [0.15, 0.2) is 0 Å². The Kier molecular flexibility index (Phi) is 2.00. The van der Waals surface area contributed by atoms with E-state index in [2.05, 4.69) is 5.32 Å². The van der Waals surface area contributed by atoms with E-state index in [1.54, 1.807) is 0 Å². The predicted octanol–water partition coefficient (Wildman–Crippen LogP) is -0.916. The summed E-state index contributed by atoms with van der Waals surface area (Å²) in [5.41, 5.74) is 0. The Hall–Kier alpha value is -0.410. The lowest BCUT2D eigenvalue weighted by Gasteiger charge is -2.17. The van der Waals surface area contributed by atoms with Gasteiger partial charge in [-0.1, -0.05) is 0 Å². The molecule has 0 bridgehead atoms. The number of morpholine rings is 1. The molecule has 45 valence electrons. The van der Waals surface area contributed by atoms with Gasteiger partial charge in [0, 0.05) is 6.54 Å². The van der Waals surface area contributed by atoms with Crippen LogP contribution >= 0.6 is 0 Å². The second-order valence-corrected chi connectivity index (χ2v) is 1.70. The van der Waals surface area contributed by atoms with E-state index in [-0.39, 0.29) is 6.04 Å². The number of hydrogen-bond acceptors (Lipinski definition) is 3. The molecule has 3 nitrogen and oxygen atoms in total. The summed E-state index contributed by atoms with van der Waals surface area (Å²) in [5, 5.41) is 2.92. The third-order valence-corrected chi connectivity index (χ3v) is 1.06. The molecule has 1 unspecified atom stereocenters. The first kappa shape index (κ1) is 5.72. The summed E-state index contributed by atoms with van der Waals surface area (Å²) >= 11 is 0. The normalized spacial score (nSPS) is 29.8. The van der Waals surface area contributed by atoms with Gasteiger partial charge in [0.1, 0.15) is 0 Å². The number of rotatable bonds is 1. The van der Waals surface area contributed by atoms with Gasteiger partial charge in [-0.15, -0.1) is 0 Å². The summed E-state index contributed by atoms with van der Waals surface area (Å²) in [5.74, 6) is 0. The van der Waals surface area contributed by atoms with Crippen molar-refractivity contribution in [3.05, 3.63) is 0 Å². The smallest absolute Gasteiger partial charge is 0.219 e. The zero-order valence-corrected chi connectivity index (χ0v) is 4.52. The molecule has 0 aromatic rings. The van der Waals surface area contributed by atoms with Crippen molar-refractivity contribution in [1.29, 1.82) is 0 Å². The Bertz CT molecular complexity index is 78.5. The Morgan fingerprint density at radius 3 is 3.00 bits per heavy atom. The van der Waals surface area contributed by atoms with Crippen molar-refractivity contribution in [2.75, 3.05) is 19.8 Å². The molecule has 1 saturated heterocycles. The SMILES string of the molecule is O=[C]C1COCCN1. The molecule has 3 heteroatoms. The van der Waals surface area contributed by atoms with Crippen LogP contribution < -0.4 is 5.32 Å². The van der Waals surface area contributed by atoms with Crippen molar-refractivity contribution in [3.63, 3.8) is 0 Å². The number of carbonyl (C=O) groups excluding carboxylic acids is 1. The van der Waals surface area contributed by atoms with Crippen LogP contribution in [0, 0.1) is 0 Å². The monoisotopic (exact) mass is 114 g/mol. The molecule has 0 aliphatic carbocycles. The van der Waals surface area contributed by atoms with E-state index in [4.69, 9.17) is 4.74 Å². The van der Waals surface area contributed by atoms with E-state index < -0.39 is 0 Å². The van der Waals surface area contributed by atoms with Gasteiger partial charge in [0.15, 0.2) is 0 Å². The van der Waals surface area contributed by atoms with Crippen LogP contribution in [0.4, 0.5) is 0 Å². The highest BCUT2D eigenvalue weighted by Crippen LogP contribution is 1.87. The standard InChI is InChI=1S/C5H8NO2/c7-3-5-4-8-2-1-6-5/h5-6H,1-2,4H2. The Morgan fingerprint density at radius 1 is 1.75 bits per heavy atom. The molecular formula is C5H8NO2. The van der Waals surface area contributed by atoms with E-state index in [9.17, 15) is 4.79 Å². The number of nitrogens with one attached hydrogen (secondary N) is 1. The quantitative estimate of drug-likeness (QED) is 0.479. The van der Waals surface area contributed by atoms with Crippen LogP contribution in [-0.4, -0.2) is 32.1 Å². The topological polar surface area (TPSA) is 38.3 Å². The maximum atomic E-state index is 9.89. The lowest BCUT2D eigenvalue weighted by molar-refractivity contribution is 0.0941. The van der Waals surface area contributed by atoms with E-state index >= 15 is 0 Å². The third-order valence-electron chi connectivity index (χ3n) is 1.06. The second-order valence-electron chi connectivity index (χ2n) is 1.70. The fraction of sp³-hybridized carbons (Fsp3) is 0.800. The molecule has 0 aromatic carbocycles. The molecule has 1 fully saturated rings. The van der Waals surface area contributed by atoms with Gasteiger partial charge in [-0.05, 0) is 0 Å². The molecule has 0 aromatic heterocycles. The third kappa shape index (κ3) is 1.28. The summed E-state index contributed by atoms with van der Waals surface area (Å²) in [6, 6.07) is -0.191. The summed E-state index contributed by atoms with van der Waals surface area (Å²) in [6.07, 6.45) is 1.82. The first-order chi connectivity index (χ1) is 3.93. The zero-order chi connectivity index (χ0) is 5.82. The van der Waals surface area contributed by atoms with Crippen molar-refractivity contribution >= 4 is 6.29 Å². The van der Waals surface area contributed by atoms with Gasteiger partial charge in [0.05, 0.1) is 19.3 Å². The van der Waals surface area contributed by atoms with Crippen LogP contribution in [0.1, 0.15) is 0 Å². The van der Waals surface area contributed by atoms with Crippen LogP contribution in [-0.2, 0) is 9.53 Å². The van der Waals surface area contributed by atoms with Gasteiger partial charge < -0.3 is 10.1 Å². The Balaban J connectivity index is 2.22. The maximum Gasteiger partial charge on any atom is 0.219 e. The van der Waals surface area contributed by atoms with Crippen molar-refractivity contribution in [1.82, 2.24) is 5.32 Å². The highest BCUT2D eigenvalue weighted by molar-refractivity contribution is 5.58. The van der Waals surface area contributed by atoms with Crippen molar-refractivity contribution in [2.45, 2.75) is 6.04 Å². The summed E-state index contributed by atoms with van der Waals surface area (Å²) in [7, 11) is 0. The first-order valence-electron chi connectivity index (χ1n) is 2.62. The number of hydrogen-bond donors (Lipinski definition) is 1. The molecule has 1 radical (unpaired) electrons. The molecule has 1 rings (SSSR count). The minimum Gasteiger partial charge on any atom is -0.378 e. The summed E-state index contributed by atoms with van der Waals surface area (Å²) in [6.45, 7) is 1.95. The van der Waals surface area contributed by atoms with Gasteiger partial charge in [0.2, 0.25) is 6.29 Å². The Morgan fingerprint density at radius 2 is 2.62 bits per heavy atom. The highest BCUT2D eigenvalue weighted by Gasteiger charge is 2.10. The van der Waals surface area contributed by atoms with Gasteiger partial charge in [-0.3, -0.25) is 4.79 Å². The van der Waals surface area contributed by atoms with E-state index in [0.29, 0.717) is 13.2 Å². The average molecular weight is 114 g/mol. The average Bonchev–Trinajstić information content (AvgIpc) is 1.90. The van der Waals surface area contributed by atoms with Crippen molar-refractivity contribution < 1.29 is 9.53 Å². The minimum absolute atomic E-state index is 0.191. The fourth-order valence-corrected chi connectivity index (χ4v) is 0.641. The lowest BCUT2D eigenvalue weighted by atomic mass is 10.3. The molecule has 1 N–H and O–H groups in total. The maximum absolute atomic E-state index is 9.89. The van der Waals surface area contributed by atoms with Crippen LogP contribution in [0.5, 0.6) is 0 Å². The fourth-order valence-electron chi connectivity index (χ4n) is 0.641. The summed E-state index contributed by atoms with van der Waals surface area (Å²) in [4.78, 5) is 9.89. The van der Waals surface area contributed by atoms with E-state index in [1.165, 1.54) is 0 Å². The van der Waals surface area contributed by atoms with Crippen molar-refractivity contribution in [3.8, 4) is 0 Å². The molecular weight excluding hydrogens is 106 g/mol. The molecule has 1 aliphatic heterocycles. The minimum atomic E-state index is -0.191. The van der Waals surface area contributed by atoms with E-state index in [0.717, 1.165) is 6.54 Å². The lowest BCUT2D eigenvalue weighted by Crippen LogP contribution is -2.42. The molecule has 1 aliphatic rings. The van der Waals surface area contributed by atoms with Crippen LogP contribution in [0.2, 0.25) is 0 Å². The molecule has 8 heavy (non-hydrogen) atoms. The van der Waals surface area contributed by atoms with Crippen LogP contribution in [0.3, 0.4) is 0 Å². The van der Waals surface area contributed by atoms with E-state index in [1.807, 2.05) is 6.29 Å². The number of ether oxygens (including phenoxy) is 1. The van der Waals surface area contributed by atoms with Gasteiger partial charge in [-0.25, -0.2) is 0 Å². The molecule has 0 spiro atoms. The predicted molar refractivity (Wildman–Crippen MR) is 28.3 cm³/mol. The highest BCUT2D eigenvalue weighted by atomic mass is 16.5. The molecule has 1 atom stereocenters.